The van der Waals surface area contributed by atoms with Crippen molar-refractivity contribution in [1.29, 1.82) is 0 Å². The Balaban J connectivity index is 2.87. The van der Waals surface area contributed by atoms with Crippen LogP contribution in [0.25, 0.3) is 0 Å². The molecule has 0 aromatic heterocycles. The van der Waals surface area contributed by atoms with E-state index in [-0.39, 0.29) is 5.56 Å². The first kappa shape index (κ1) is 11.0. The molecule has 0 saturated carbocycles. The van der Waals surface area contributed by atoms with Gasteiger partial charge in [0, 0.05) is 0 Å². The summed E-state index contributed by atoms with van der Waals surface area (Å²) in [5.74, 6) is -1.94. The highest BCUT2D eigenvalue weighted by Crippen LogP contribution is 2.30. The average Bonchev–Trinajstić information content (AvgIpc) is 2.15. The van der Waals surface area contributed by atoms with Crippen LogP contribution in [0.4, 0.5) is 13.2 Å². The molecule has 76 valence electrons. The van der Waals surface area contributed by atoms with Crippen molar-refractivity contribution in [2.45, 2.75) is 11.6 Å². The molecule has 0 amide bonds. The van der Waals surface area contributed by atoms with Gasteiger partial charge in [0.25, 0.3) is 5.78 Å². The molecule has 0 aliphatic rings. The Hall–Kier alpha value is -1.03. The summed E-state index contributed by atoms with van der Waals surface area (Å²) in [7, 11) is 0. The zero-order chi connectivity index (χ0) is 10.8. The quantitative estimate of drug-likeness (QED) is 0.703. The molecule has 0 radical (unpaired) electrons. The fourth-order valence-electron chi connectivity index (χ4n) is 0.917. The number of ketones is 1. The van der Waals surface area contributed by atoms with Gasteiger partial charge in [0.15, 0.2) is 0 Å². The number of alkyl halides is 4. The molecule has 1 aromatic rings. The van der Waals surface area contributed by atoms with Gasteiger partial charge in [0.2, 0.25) is 0 Å². The zero-order valence-corrected chi connectivity index (χ0v) is 7.64. The van der Waals surface area contributed by atoms with E-state index in [4.69, 9.17) is 11.6 Å². The molecule has 0 N–H and O–H groups in total. The van der Waals surface area contributed by atoms with Crippen LogP contribution >= 0.6 is 11.6 Å². The lowest BCUT2D eigenvalue weighted by Gasteiger charge is -2.10. The van der Waals surface area contributed by atoms with Crippen LogP contribution in [0.3, 0.4) is 0 Å². The maximum atomic E-state index is 12.0. The van der Waals surface area contributed by atoms with Crippen LogP contribution in [-0.2, 0) is 4.79 Å². The van der Waals surface area contributed by atoms with E-state index in [1.54, 1.807) is 6.07 Å². The smallest absolute Gasteiger partial charge is 0.287 e. The van der Waals surface area contributed by atoms with Crippen LogP contribution in [-0.4, -0.2) is 12.0 Å². The second-order valence-electron chi connectivity index (χ2n) is 2.64. The minimum Gasteiger partial charge on any atom is -0.287 e. The Labute approximate surface area is 83.5 Å². The van der Waals surface area contributed by atoms with E-state index in [9.17, 15) is 18.0 Å². The molecular formula is C9H6ClF3O. The maximum absolute atomic E-state index is 12.0. The summed E-state index contributed by atoms with van der Waals surface area (Å²) in [5.41, 5.74) is 0.150. The van der Waals surface area contributed by atoms with E-state index in [1.807, 2.05) is 0 Å². The predicted octanol–water partition coefficient (Wildman–Crippen LogP) is 3.10. The zero-order valence-electron chi connectivity index (χ0n) is 6.88. The summed E-state index contributed by atoms with van der Waals surface area (Å²) in [5, 5.41) is -1.66. The van der Waals surface area contributed by atoms with Gasteiger partial charge in [-0.3, -0.25) is 4.79 Å². The van der Waals surface area contributed by atoms with Gasteiger partial charge in [-0.25, -0.2) is 0 Å². The number of halogens is 4. The second-order valence-corrected chi connectivity index (χ2v) is 3.07. The van der Waals surface area contributed by atoms with Crippen LogP contribution < -0.4 is 0 Å². The van der Waals surface area contributed by atoms with Crippen molar-refractivity contribution in [3.05, 3.63) is 35.9 Å². The molecule has 1 rings (SSSR count). The predicted molar refractivity (Wildman–Crippen MR) is 46.1 cm³/mol. The Bertz CT molecular complexity index is 321. The first-order valence-electron chi connectivity index (χ1n) is 3.73. The second kappa shape index (κ2) is 4.00. The van der Waals surface area contributed by atoms with E-state index in [2.05, 4.69) is 0 Å². The molecule has 0 spiro atoms. The molecule has 5 heteroatoms. The number of rotatable bonds is 2. The van der Waals surface area contributed by atoms with Gasteiger partial charge in [-0.2, -0.15) is 13.2 Å². The number of Topliss-reactive ketones (excluding diaryl/α,β-unsaturated/α-hetero) is 1. The molecule has 0 unspecified atom stereocenters. The lowest BCUT2D eigenvalue weighted by atomic mass is 10.1. The minimum absolute atomic E-state index is 0.150. The maximum Gasteiger partial charge on any atom is 0.451 e. The molecule has 0 saturated heterocycles. The molecule has 1 atom stereocenters. The Kier molecular flexibility index (Phi) is 3.16. The molecule has 0 bridgehead atoms. The van der Waals surface area contributed by atoms with Crippen molar-refractivity contribution >= 4 is 17.4 Å². The molecule has 14 heavy (non-hydrogen) atoms. The third kappa shape index (κ3) is 2.48. The van der Waals surface area contributed by atoms with E-state index in [1.165, 1.54) is 24.3 Å². The number of carbonyl (C=O) groups is 1. The fraction of sp³-hybridized carbons (Fsp3) is 0.222. The Morgan fingerprint density at radius 1 is 1.21 bits per heavy atom. The van der Waals surface area contributed by atoms with E-state index in [0.717, 1.165) is 0 Å². The van der Waals surface area contributed by atoms with Gasteiger partial charge in [-0.1, -0.05) is 30.3 Å². The third-order valence-corrected chi connectivity index (χ3v) is 2.05. The highest BCUT2D eigenvalue weighted by molar-refractivity contribution is 6.31. The number of benzene rings is 1. The van der Waals surface area contributed by atoms with Gasteiger partial charge < -0.3 is 0 Å². The van der Waals surface area contributed by atoms with Crippen molar-refractivity contribution in [1.82, 2.24) is 0 Å². The molecule has 1 aromatic carbocycles. The van der Waals surface area contributed by atoms with E-state index in [0.29, 0.717) is 0 Å². The van der Waals surface area contributed by atoms with Gasteiger partial charge in [0.1, 0.15) is 5.38 Å². The van der Waals surface area contributed by atoms with Gasteiger partial charge in [-0.15, -0.1) is 11.6 Å². The highest BCUT2D eigenvalue weighted by atomic mass is 35.5. The lowest BCUT2D eigenvalue weighted by molar-refractivity contribution is -0.170. The molecule has 0 aliphatic heterocycles. The lowest BCUT2D eigenvalue weighted by Crippen LogP contribution is -2.26. The van der Waals surface area contributed by atoms with Crippen LogP contribution in [0, 0.1) is 0 Å². The fourth-order valence-corrected chi connectivity index (χ4v) is 1.19. The Morgan fingerprint density at radius 2 is 1.71 bits per heavy atom. The summed E-state index contributed by atoms with van der Waals surface area (Å²) in [6, 6.07) is 7.43. The third-order valence-electron chi connectivity index (χ3n) is 1.60. The number of hydrogen-bond donors (Lipinski definition) is 0. The first-order chi connectivity index (χ1) is 6.43. The van der Waals surface area contributed by atoms with Crippen molar-refractivity contribution < 1.29 is 18.0 Å². The van der Waals surface area contributed by atoms with Crippen molar-refractivity contribution in [3.63, 3.8) is 0 Å². The summed E-state index contributed by atoms with van der Waals surface area (Å²) < 4.78 is 35.9. The molecular weight excluding hydrogens is 217 g/mol. The first-order valence-corrected chi connectivity index (χ1v) is 4.16. The van der Waals surface area contributed by atoms with Gasteiger partial charge in [0.05, 0.1) is 0 Å². The monoisotopic (exact) mass is 222 g/mol. The van der Waals surface area contributed by atoms with Crippen molar-refractivity contribution in [2.24, 2.45) is 0 Å². The van der Waals surface area contributed by atoms with E-state index < -0.39 is 17.3 Å². The van der Waals surface area contributed by atoms with Crippen molar-refractivity contribution in [2.75, 3.05) is 0 Å². The van der Waals surface area contributed by atoms with Crippen molar-refractivity contribution in [3.8, 4) is 0 Å². The number of hydrogen-bond acceptors (Lipinski definition) is 1. The normalized spacial score (nSPS) is 13.7. The summed E-state index contributed by atoms with van der Waals surface area (Å²) in [6.07, 6.45) is -4.89. The van der Waals surface area contributed by atoms with Crippen LogP contribution in [0.2, 0.25) is 0 Å². The minimum atomic E-state index is -4.89. The van der Waals surface area contributed by atoms with E-state index >= 15 is 0 Å². The average molecular weight is 223 g/mol. The van der Waals surface area contributed by atoms with Gasteiger partial charge in [-0.05, 0) is 5.56 Å². The summed E-state index contributed by atoms with van der Waals surface area (Å²) in [4.78, 5) is 10.7. The largest absolute Gasteiger partial charge is 0.451 e. The van der Waals surface area contributed by atoms with Crippen LogP contribution in [0.15, 0.2) is 30.3 Å². The molecule has 0 aliphatic carbocycles. The molecule has 0 fully saturated rings. The topological polar surface area (TPSA) is 17.1 Å². The standard InChI is InChI=1S/C9H6ClF3O/c10-7(8(14)9(11,12)13)6-4-2-1-3-5-6/h1-5,7H/t7-/m0/s1. The SMILES string of the molecule is O=C([C@@H](Cl)c1ccccc1)C(F)(F)F. The van der Waals surface area contributed by atoms with Crippen LogP contribution in [0.5, 0.6) is 0 Å². The summed E-state index contributed by atoms with van der Waals surface area (Å²) in [6.45, 7) is 0. The van der Waals surface area contributed by atoms with Crippen LogP contribution in [0.1, 0.15) is 10.9 Å². The Morgan fingerprint density at radius 3 is 2.14 bits per heavy atom. The van der Waals surface area contributed by atoms with Gasteiger partial charge >= 0.3 is 6.18 Å². The summed E-state index contributed by atoms with van der Waals surface area (Å²) >= 11 is 5.37. The molecule has 0 heterocycles. The highest BCUT2D eigenvalue weighted by Gasteiger charge is 2.43. The molecule has 1 nitrogen and oxygen atoms in total. The number of carbonyl (C=O) groups excluding carboxylic acids is 1.